The molecule has 0 bridgehead atoms. The molecule has 1 amide bonds. The van der Waals surface area contributed by atoms with Gasteiger partial charge in [-0.2, -0.15) is 5.10 Å². The minimum atomic E-state index is -3.02. The summed E-state index contributed by atoms with van der Waals surface area (Å²) in [5.41, 5.74) is 3.58. The van der Waals surface area contributed by atoms with E-state index in [1.807, 2.05) is 35.9 Å². The summed E-state index contributed by atoms with van der Waals surface area (Å²) >= 11 is 0. The Kier molecular flexibility index (Phi) is 3.91. The van der Waals surface area contributed by atoms with Crippen molar-refractivity contribution in [1.82, 2.24) is 15.1 Å². The molecule has 4 rings (SSSR count). The van der Waals surface area contributed by atoms with E-state index in [1.165, 1.54) is 0 Å². The summed E-state index contributed by atoms with van der Waals surface area (Å²) in [5.74, 6) is 0.304. The van der Waals surface area contributed by atoms with Gasteiger partial charge in [0.05, 0.1) is 34.6 Å². The Morgan fingerprint density at radius 3 is 2.64 bits per heavy atom. The van der Waals surface area contributed by atoms with Gasteiger partial charge in [0.15, 0.2) is 9.84 Å². The van der Waals surface area contributed by atoms with Crippen LogP contribution in [0.15, 0.2) is 30.5 Å². The number of rotatable bonds is 4. The highest BCUT2D eigenvalue weighted by atomic mass is 32.2. The summed E-state index contributed by atoms with van der Waals surface area (Å²) in [6.07, 6.45) is 4.20. The van der Waals surface area contributed by atoms with Gasteiger partial charge in [0, 0.05) is 12.0 Å². The molecule has 1 saturated carbocycles. The van der Waals surface area contributed by atoms with Crippen molar-refractivity contribution in [2.24, 2.45) is 0 Å². The van der Waals surface area contributed by atoms with Crippen LogP contribution >= 0.6 is 0 Å². The molecule has 0 radical (unpaired) electrons. The molecule has 1 saturated heterocycles. The van der Waals surface area contributed by atoms with Crippen molar-refractivity contribution in [1.29, 1.82) is 0 Å². The second kappa shape index (κ2) is 5.98. The van der Waals surface area contributed by atoms with Crippen LogP contribution in [0.2, 0.25) is 0 Å². The lowest BCUT2D eigenvalue weighted by molar-refractivity contribution is 0.0940. The number of sulfone groups is 1. The third-order valence-corrected chi connectivity index (χ3v) is 6.69. The fraction of sp³-hybridized carbons (Fsp3) is 0.444. The predicted molar refractivity (Wildman–Crippen MR) is 94.8 cm³/mol. The van der Waals surface area contributed by atoms with E-state index in [9.17, 15) is 13.2 Å². The summed E-state index contributed by atoms with van der Waals surface area (Å²) in [6, 6.07) is 7.67. The first kappa shape index (κ1) is 16.3. The van der Waals surface area contributed by atoms with Crippen LogP contribution < -0.4 is 5.32 Å². The van der Waals surface area contributed by atoms with Gasteiger partial charge in [0.2, 0.25) is 0 Å². The summed E-state index contributed by atoms with van der Waals surface area (Å²) in [4.78, 5) is 12.7. The quantitative estimate of drug-likeness (QED) is 0.905. The van der Waals surface area contributed by atoms with E-state index in [2.05, 4.69) is 10.4 Å². The van der Waals surface area contributed by atoms with Crippen LogP contribution in [-0.2, 0) is 9.84 Å². The Labute approximate surface area is 147 Å². The molecule has 1 aliphatic carbocycles. The van der Waals surface area contributed by atoms with Crippen LogP contribution in [0, 0.1) is 6.92 Å². The zero-order valence-electron chi connectivity index (χ0n) is 14.1. The largest absolute Gasteiger partial charge is 0.348 e. The number of nitrogens with one attached hydrogen (secondary N) is 1. The molecular formula is C18H21N3O3S. The zero-order valence-corrected chi connectivity index (χ0v) is 14.9. The normalized spacial score (nSPS) is 22.0. The second-order valence-electron chi connectivity index (χ2n) is 6.99. The zero-order chi connectivity index (χ0) is 17.6. The molecule has 1 aliphatic heterocycles. The Morgan fingerprint density at radius 2 is 2.00 bits per heavy atom. The molecule has 0 unspecified atom stereocenters. The molecule has 1 aromatic heterocycles. The van der Waals surface area contributed by atoms with Crippen LogP contribution in [0.1, 0.15) is 46.8 Å². The molecule has 132 valence electrons. The fourth-order valence-electron chi connectivity index (χ4n) is 3.45. The maximum absolute atomic E-state index is 12.7. The van der Waals surface area contributed by atoms with Gasteiger partial charge in [-0.1, -0.05) is 18.2 Å². The summed E-state index contributed by atoms with van der Waals surface area (Å²) in [6.45, 7) is 2.02. The Hall–Kier alpha value is -2.15. The molecule has 1 N–H and O–H groups in total. The maximum Gasteiger partial charge on any atom is 0.255 e. The van der Waals surface area contributed by atoms with Crippen LogP contribution in [0.4, 0.5) is 0 Å². The average molecular weight is 359 g/mol. The molecule has 2 fully saturated rings. The van der Waals surface area contributed by atoms with Gasteiger partial charge in [0.1, 0.15) is 0 Å². The van der Waals surface area contributed by atoms with E-state index >= 15 is 0 Å². The van der Waals surface area contributed by atoms with Crippen LogP contribution in [0.25, 0.3) is 5.69 Å². The number of aryl methyl sites for hydroxylation is 1. The molecule has 2 aliphatic rings. The van der Waals surface area contributed by atoms with Gasteiger partial charge in [0.25, 0.3) is 5.91 Å². The minimum Gasteiger partial charge on any atom is -0.348 e. The first-order valence-electron chi connectivity index (χ1n) is 8.60. The van der Waals surface area contributed by atoms with Gasteiger partial charge in [-0.05, 0) is 37.8 Å². The first-order valence-corrected chi connectivity index (χ1v) is 10.4. The third-order valence-electron chi connectivity index (χ3n) is 4.93. The standard InChI is InChI=1S/C18H21N3O3S/c1-12-4-2-3-5-16(12)21-17(13-6-7-13)15(10-19-21)18(22)20-14-8-9-25(23,24)11-14/h2-5,10,13-14H,6-9,11H2,1H3,(H,20,22)/t14-/m0/s1. The molecule has 0 spiro atoms. The highest BCUT2D eigenvalue weighted by molar-refractivity contribution is 7.91. The number of hydrogen-bond donors (Lipinski definition) is 1. The van der Waals surface area contributed by atoms with E-state index < -0.39 is 9.84 Å². The van der Waals surface area contributed by atoms with Crippen LogP contribution in [-0.4, -0.2) is 41.7 Å². The number of nitrogens with zero attached hydrogens (tertiary/aromatic N) is 2. The highest BCUT2D eigenvalue weighted by Gasteiger charge is 2.35. The van der Waals surface area contributed by atoms with Gasteiger partial charge in [-0.15, -0.1) is 0 Å². The number of benzene rings is 1. The number of para-hydroxylation sites is 1. The highest BCUT2D eigenvalue weighted by Crippen LogP contribution is 2.42. The Morgan fingerprint density at radius 1 is 1.24 bits per heavy atom. The average Bonchev–Trinajstić information content (AvgIpc) is 3.21. The van der Waals surface area contributed by atoms with Crippen molar-refractivity contribution in [3.63, 3.8) is 0 Å². The topological polar surface area (TPSA) is 81.1 Å². The molecular weight excluding hydrogens is 338 g/mol. The fourth-order valence-corrected chi connectivity index (χ4v) is 5.12. The molecule has 1 atom stereocenters. The summed E-state index contributed by atoms with van der Waals surface area (Å²) in [5, 5.41) is 7.35. The summed E-state index contributed by atoms with van der Waals surface area (Å²) in [7, 11) is -3.02. The minimum absolute atomic E-state index is 0.0312. The van der Waals surface area contributed by atoms with Crippen molar-refractivity contribution < 1.29 is 13.2 Å². The Balaban J connectivity index is 1.64. The number of carbonyl (C=O) groups excluding carboxylic acids is 1. The van der Waals surface area contributed by atoms with Gasteiger partial charge in [-0.3, -0.25) is 4.79 Å². The van der Waals surface area contributed by atoms with E-state index in [-0.39, 0.29) is 23.5 Å². The van der Waals surface area contributed by atoms with Crippen molar-refractivity contribution in [3.8, 4) is 5.69 Å². The third kappa shape index (κ3) is 3.20. The van der Waals surface area contributed by atoms with Crippen LogP contribution in [0.5, 0.6) is 0 Å². The second-order valence-corrected chi connectivity index (χ2v) is 9.22. The van der Waals surface area contributed by atoms with Crippen molar-refractivity contribution in [2.75, 3.05) is 11.5 Å². The first-order chi connectivity index (χ1) is 11.9. The lowest BCUT2D eigenvalue weighted by Gasteiger charge is -2.13. The SMILES string of the molecule is Cc1ccccc1-n1ncc(C(=O)N[C@H]2CCS(=O)(=O)C2)c1C1CC1. The molecule has 6 nitrogen and oxygen atoms in total. The van der Waals surface area contributed by atoms with Gasteiger partial charge >= 0.3 is 0 Å². The number of aromatic nitrogens is 2. The lowest BCUT2D eigenvalue weighted by Crippen LogP contribution is -2.35. The van der Waals surface area contributed by atoms with Crippen molar-refractivity contribution in [3.05, 3.63) is 47.3 Å². The molecule has 2 heterocycles. The number of amides is 1. The molecule has 25 heavy (non-hydrogen) atoms. The Bertz CT molecular complexity index is 929. The maximum atomic E-state index is 12.7. The van der Waals surface area contributed by atoms with Gasteiger partial charge < -0.3 is 5.32 Å². The van der Waals surface area contributed by atoms with Crippen molar-refractivity contribution in [2.45, 2.75) is 38.1 Å². The van der Waals surface area contributed by atoms with E-state index in [1.54, 1.807) is 6.20 Å². The lowest BCUT2D eigenvalue weighted by atomic mass is 10.1. The molecule has 2 aromatic rings. The van der Waals surface area contributed by atoms with E-state index in [4.69, 9.17) is 0 Å². The molecule has 7 heteroatoms. The molecule has 1 aromatic carbocycles. The van der Waals surface area contributed by atoms with Crippen LogP contribution in [0.3, 0.4) is 0 Å². The summed E-state index contributed by atoms with van der Waals surface area (Å²) < 4.78 is 25.1. The monoisotopic (exact) mass is 359 g/mol. The van der Waals surface area contributed by atoms with Crippen molar-refractivity contribution >= 4 is 15.7 Å². The smallest absolute Gasteiger partial charge is 0.255 e. The van der Waals surface area contributed by atoms with E-state index in [0.717, 1.165) is 29.8 Å². The number of carbonyl (C=O) groups is 1. The van der Waals surface area contributed by atoms with Gasteiger partial charge in [-0.25, -0.2) is 13.1 Å². The number of hydrogen-bond acceptors (Lipinski definition) is 4. The predicted octanol–water partition coefficient (Wildman–Crippen LogP) is 1.98. The van der Waals surface area contributed by atoms with E-state index in [0.29, 0.717) is 17.9 Å².